The molecular formula is C11H17N3O2. The maximum absolute atomic E-state index is 11.4. The Morgan fingerprint density at radius 2 is 2.00 bits per heavy atom. The van der Waals surface area contributed by atoms with Crippen LogP contribution in [0.15, 0.2) is 24.3 Å². The highest BCUT2D eigenvalue weighted by Gasteiger charge is 2.12. The summed E-state index contributed by atoms with van der Waals surface area (Å²) in [7, 11) is 0. The zero-order valence-corrected chi connectivity index (χ0v) is 9.02. The second kappa shape index (κ2) is 6.09. The van der Waals surface area contributed by atoms with Gasteiger partial charge in [0.1, 0.15) is 5.75 Å². The highest BCUT2D eigenvalue weighted by atomic mass is 16.3. The van der Waals surface area contributed by atoms with E-state index in [-0.39, 0.29) is 11.7 Å². The third kappa shape index (κ3) is 3.88. The maximum Gasteiger partial charge on any atom is 0.237 e. The van der Waals surface area contributed by atoms with E-state index in [9.17, 15) is 4.79 Å². The van der Waals surface area contributed by atoms with Crippen LogP contribution in [0.5, 0.6) is 5.75 Å². The van der Waals surface area contributed by atoms with Crippen LogP contribution >= 0.6 is 0 Å². The highest BCUT2D eigenvalue weighted by molar-refractivity contribution is 5.81. The first-order valence-electron chi connectivity index (χ1n) is 5.14. The van der Waals surface area contributed by atoms with E-state index in [0.29, 0.717) is 19.5 Å². The Morgan fingerprint density at radius 3 is 2.56 bits per heavy atom. The molecule has 0 aliphatic heterocycles. The topological polar surface area (TPSA) is 101 Å². The molecule has 0 saturated carbocycles. The van der Waals surface area contributed by atoms with Crippen LogP contribution in [0.4, 0.5) is 0 Å². The molecule has 0 aromatic heterocycles. The number of aromatic hydroxyl groups is 1. The molecule has 0 fully saturated rings. The molecule has 1 aromatic rings. The Hall–Kier alpha value is -1.59. The molecule has 6 N–H and O–H groups in total. The van der Waals surface area contributed by atoms with E-state index in [1.165, 1.54) is 0 Å². The van der Waals surface area contributed by atoms with Crippen molar-refractivity contribution in [3.05, 3.63) is 29.8 Å². The Kier molecular flexibility index (Phi) is 4.75. The van der Waals surface area contributed by atoms with Gasteiger partial charge in [0.2, 0.25) is 5.91 Å². The molecule has 88 valence electrons. The Morgan fingerprint density at radius 1 is 1.38 bits per heavy atom. The lowest BCUT2D eigenvalue weighted by Crippen LogP contribution is -2.43. The SMILES string of the molecule is NCCNC(=O)[C@@H](N)Cc1ccc(O)cc1. The van der Waals surface area contributed by atoms with Gasteiger partial charge in [0.25, 0.3) is 0 Å². The monoisotopic (exact) mass is 223 g/mol. The maximum atomic E-state index is 11.4. The molecule has 1 atom stereocenters. The van der Waals surface area contributed by atoms with Gasteiger partial charge in [-0.2, -0.15) is 0 Å². The number of nitrogens with two attached hydrogens (primary N) is 2. The lowest BCUT2D eigenvalue weighted by molar-refractivity contribution is -0.122. The molecule has 0 spiro atoms. The number of benzene rings is 1. The summed E-state index contributed by atoms with van der Waals surface area (Å²) < 4.78 is 0. The van der Waals surface area contributed by atoms with Gasteiger partial charge in [-0.1, -0.05) is 12.1 Å². The van der Waals surface area contributed by atoms with Crippen molar-refractivity contribution < 1.29 is 9.90 Å². The molecule has 0 radical (unpaired) electrons. The minimum Gasteiger partial charge on any atom is -0.508 e. The van der Waals surface area contributed by atoms with Gasteiger partial charge in [0.15, 0.2) is 0 Å². The fourth-order valence-electron chi connectivity index (χ4n) is 1.31. The van der Waals surface area contributed by atoms with Crippen LogP contribution in [-0.2, 0) is 11.2 Å². The number of phenols is 1. The van der Waals surface area contributed by atoms with Crippen molar-refractivity contribution in [3.8, 4) is 5.75 Å². The number of rotatable bonds is 5. The molecule has 0 heterocycles. The Balaban J connectivity index is 2.47. The predicted molar refractivity (Wildman–Crippen MR) is 61.9 cm³/mol. The average Bonchev–Trinajstić information content (AvgIpc) is 2.29. The van der Waals surface area contributed by atoms with Crippen molar-refractivity contribution in [2.45, 2.75) is 12.5 Å². The molecule has 0 unspecified atom stereocenters. The van der Waals surface area contributed by atoms with E-state index in [2.05, 4.69) is 5.32 Å². The van der Waals surface area contributed by atoms with E-state index in [0.717, 1.165) is 5.56 Å². The quantitative estimate of drug-likeness (QED) is 0.532. The van der Waals surface area contributed by atoms with Crippen LogP contribution in [-0.4, -0.2) is 30.1 Å². The Labute approximate surface area is 94.4 Å². The van der Waals surface area contributed by atoms with Crippen molar-refractivity contribution in [1.82, 2.24) is 5.32 Å². The first-order chi connectivity index (χ1) is 7.63. The largest absolute Gasteiger partial charge is 0.508 e. The average molecular weight is 223 g/mol. The zero-order chi connectivity index (χ0) is 12.0. The van der Waals surface area contributed by atoms with Crippen molar-refractivity contribution in [3.63, 3.8) is 0 Å². The zero-order valence-electron chi connectivity index (χ0n) is 9.02. The summed E-state index contributed by atoms with van der Waals surface area (Å²) in [5.74, 6) is -0.0107. The van der Waals surface area contributed by atoms with E-state index in [1.807, 2.05) is 0 Å². The smallest absolute Gasteiger partial charge is 0.237 e. The summed E-state index contributed by atoms with van der Waals surface area (Å²) in [6, 6.07) is 6.03. The van der Waals surface area contributed by atoms with E-state index < -0.39 is 6.04 Å². The summed E-state index contributed by atoms with van der Waals surface area (Å²) in [4.78, 5) is 11.4. The lowest BCUT2D eigenvalue weighted by Gasteiger charge is -2.11. The van der Waals surface area contributed by atoms with Crippen LogP contribution in [0.1, 0.15) is 5.56 Å². The number of carbonyl (C=O) groups excluding carboxylic acids is 1. The number of carbonyl (C=O) groups is 1. The predicted octanol–water partition coefficient (Wildman–Crippen LogP) is -0.663. The Bertz CT molecular complexity index is 338. The van der Waals surface area contributed by atoms with Gasteiger partial charge >= 0.3 is 0 Å². The number of phenolic OH excluding ortho intramolecular Hbond substituents is 1. The van der Waals surface area contributed by atoms with Crippen LogP contribution in [0.3, 0.4) is 0 Å². The summed E-state index contributed by atoms with van der Waals surface area (Å²) in [5, 5.41) is 11.7. The van der Waals surface area contributed by atoms with E-state index in [1.54, 1.807) is 24.3 Å². The summed E-state index contributed by atoms with van der Waals surface area (Å²) in [6.45, 7) is 0.833. The number of amides is 1. The third-order valence-corrected chi connectivity index (χ3v) is 2.17. The van der Waals surface area contributed by atoms with Crippen LogP contribution < -0.4 is 16.8 Å². The normalized spacial score (nSPS) is 12.1. The lowest BCUT2D eigenvalue weighted by atomic mass is 10.1. The number of hydrogen-bond acceptors (Lipinski definition) is 4. The van der Waals surface area contributed by atoms with E-state index in [4.69, 9.17) is 16.6 Å². The van der Waals surface area contributed by atoms with Gasteiger partial charge in [-0.05, 0) is 24.1 Å². The van der Waals surface area contributed by atoms with Crippen molar-refractivity contribution in [1.29, 1.82) is 0 Å². The van der Waals surface area contributed by atoms with Gasteiger partial charge in [-0.3, -0.25) is 4.79 Å². The molecule has 1 amide bonds. The van der Waals surface area contributed by atoms with Gasteiger partial charge in [-0.15, -0.1) is 0 Å². The minimum atomic E-state index is -0.587. The molecule has 5 nitrogen and oxygen atoms in total. The number of nitrogens with one attached hydrogen (secondary N) is 1. The van der Waals surface area contributed by atoms with Gasteiger partial charge < -0.3 is 21.9 Å². The second-order valence-electron chi connectivity index (χ2n) is 3.56. The van der Waals surface area contributed by atoms with Crippen molar-refractivity contribution in [2.75, 3.05) is 13.1 Å². The minimum absolute atomic E-state index is 0.199. The van der Waals surface area contributed by atoms with Crippen LogP contribution in [0.25, 0.3) is 0 Å². The van der Waals surface area contributed by atoms with E-state index >= 15 is 0 Å². The molecule has 16 heavy (non-hydrogen) atoms. The second-order valence-corrected chi connectivity index (χ2v) is 3.56. The van der Waals surface area contributed by atoms with Crippen molar-refractivity contribution >= 4 is 5.91 Å². The molecule has 0 aliphatic carbocycles. The first kappa shape index (κ1) is 12.5. The summed E-state index contributed by atoms with van der Waals surface area (Å²) in [5.41, 5.74) is 11.9. The van der Waals surface area contributed by atoms with Crippen LogP contribution in [0.2, 0.25) is 0 Å². The van der Waals surface area contributed by atoms with Gasteiger partial charge in [0.05, 0.1) is 6.04 Å². The third-order valence-electron chi connectivity index (χ3n) is 2.17. The summed E-state index contributed by atoms with van der Waals surface area (Å²) in [6.07, 6.45) is 0.441. The standard InChI is InChI=1S/C11H17N3O2/c12-5-6-14-11(16)10(13)7-8-1-3-9(15)4-2-8/h1-4,10,15H,5-7,12-13H2,(H,14,16)/t10-/m0/s1. The van der Waals surface area contributed by atoms with Crippen LogP contribution in [0, 0.1) is 0 Å². The molecule has 0 aliphatic rings. The molecular weight excluding hydrogens is 206 g/mol. The molecule has 5 heteroatoms. The first-order valence-corrected chi connectivity index (χ1v) is 5.14. The van der Waals surface area contributed by atoms with Gasteiger partial charge in [0, 0.05) is 13.1 Å². The molecule has 0 bridgehead atoms. The molecule has 0 saturated heterocycles. The molecule has 1 aromatic carbocycles. The van der Waals surface area contributed by atoms with Gasteiger partial charge in [-0.25, -0.2) is 0 Å². The highest BCUT2D eigenvalue weighted by Crippen LogP contribution is 2.10. The number of hydrogen-bond donors (Lipinski definition) is 4. The molecule has 1 rings (SSSR count). The fourth-order valence-corrected chi connectivity index (χ4v) is 1.31. The van der Waals surface area contributed by atoms with Crippen molar-refractivity contribution in [2.24, 2.45) is 11.5 Å². The fraction of sp³-hybridized carbons (Fsp3) is 0.364. The summed E-state index contributed by atoms with van der Waals surface area (Å²) >= 11 is 0.